The van der Waals surface area contributed by atoms with E-state index in [0.29, 0.717) is 12.1 Å². The van der Waals surface area contributed by atoms with Gasteiger partial charge in [0.05, 0.1) is 11.8 Å². The predicted molar refractivity (Wildman–Crippen MR) is 111 cm³/mol. The summed E-state index contributed by atoms with van der Waals surface area (Å²) in [4.78, 5) is 52.9. The number of nitrogens with one attached hydrogen (secondary N) is 2. The Bertz CT molecular complexity index is 1150. The van der Waals surface area contributed by atoms with Crippen LogP contribution in [0.15, 0.2) is 48.5 Å². The standard InChI is InChI=1S/C23H21FN4O4/c24-13-6-7-15-14(10-13)23(22(32)26-15)19-18(16(27-23)11-17(25)29)20(30)28(21(19)31)9-8-12-4-2-1-3-5-12/h1-7,10,16,18-19,27H,8-9,11H2,(H2,25,29)(H,26,32)/t16-,18+,19-,23-/m0/s1. The van der Waals surface area contributed by atoms with Gasteiger partial charge in [-0.1, -0.05) is 30.3 Å². The lowest BCUT2D eigenvalue weighted by molar-refractivity contribution is -0.142. The average molecular weight is 436 g/mol. The minimum absolute atomic E-state index is 0.145. The number of hydrogen-bond donors (Lipinski definition) is 3. The van der Waals surface area contributed by atoms with Crippen LogP contribution in [-0.2, 0) is 31.1 Å². The minimum Gasteiger partial charge on any atom is -0.370 e. The zero-order chi connectivity index (χ0) is 22.6. The molecule has 0 saturated carbocycles. The number of halogens is 1. The normalized spacial score (nSPS) is 28.2. The number of benzene rings is 2. The van der Waals surface area contributed by atoms with Crippen LogP contribution in [0.1, 0.15) is 17.5 Å². The fraction of sp³-hybridized carbons (Fsp3) is 0.304. The number of carbonyl (C=O) groups is 4. The molecule has 3 aliphatic heterocycles. The molecule has 32 heavy (non-hydrogen) atoms. The summed E-state index contributed by atoms with van der Waals surface area (Å²) < 4.78 is 14.1. The zero-order valence-corrected chi connectivity index (χ0v) is 17.0. The molecule has 2 fully saturated rings. The van der Waals surface area contributed by atoms with Crippen molar-refractivity contribution in [2.45, 2.75) is 24.4 Å². The number of imide groups is 1. The van der Waals surface area contributed by atoms with E-state index in [1.807, 2.05) is 30.3 Å². The summed E-state index contributed by atoms with van der Waals surface area (Å²) in [6.07, 6.45) is 0.225. The molecule has 2 aromatic rings. The SMILES string of the molecule is NC(=O)C[C@@H]1N[C@]2(C(=O)Nc3ccc(F)cc32)[C@@H]2C(=O)N(CCc3ccccc3)C(=O)[C@H]12. The van der Waals surface area contributed by atoms with Gasteiger partial charge < -0.3 is 11.1 Å². The number of amides is 4. The molecule has 5 rings (SSSR count). The summed E-state index contributed by atoms with van der Waals surface area (Å²) in [6, 6.07) is 12.4. The lowest BCUT2D eigenvalue weighted by Gasteiger charge is -2.29. The van der Waals surface area contributed by atoms with E-state index in [4.69, 9.17) is 5.73 Å². The van der Waals surface area contributed by atoms with Gasteiger partial charge in [-0.05, 0) is 30.2 Å². The number of rotatable bonds is 5. The molecule has 164 valence electrons. The summed E-state index contributed by atoms with van der Waals surface area (Å²) in [5, 5.41) is 5.73. The molecular formula is C23H21FN4O4. The molecule has 0 aromatic heterocycles. The molecule has 2 saturated heterocycles. The van der Waals surface area contributed by atoms with Crippen molar-refractivity contribution >= 4 is 29.3 Å². The highest BCUT2D eigenvalue weighted by molar-refractivity contribution is 6.15. The smallest absolute Gasteiger partial charge is 0.250 e. The molecule has 9 heteroatoms. The number of likely N-dealkylation sites (tertiary alicyclic amines) is 1. The van der Waals surface area contributed by atoms with Crippen molar-refractivity contribution in [1.82, 2.24) is 10.2 Å². The maximum atomic E-state index is 14.1. The Balaban J connectivity index is 1.55. The second-order valence-corrected chi connectivity index (χ2v) is 8.44. The first kappa shape index (κ1) is 20.3. The molecule has 0 unspecified atom stereocenters. The molecule has 3 aliphatic rings. The summed E-state index contributed by atoms with van der Waals surface area (Å²) in [5.41, 5.74) is 5.34. The first-order chi connectivity index (χ1) is 15.3. The van der Waals surface area contributed by atoms with Gasteiger partial charge in [0, 0.05) is 30.3 Å². The highest BCUT2D eigenvalue weighted by Gasteiger charge is 2.70. The number of primary amides is 1. The van der Waals surface area contributed by atoms with Crippen molar-refractivity contribution in [1.29, 1.82) is 0 Å². The Morgan fingerprint density at radius 2 is 1.84 bits per heavy atom. The molecule has 3 heterocycles. The fourth-order valence-corrected chi connectivity index (χ4v) is 5.33. The van der Waals surface area contributed by atoms with Crippen molar-refractivity contribution in [3.05, 3.63) is 65.5 Å². The van der Waals surface area contributed by atoms with Gasteiger partial charge in [-0.2, -0.15) is 0 Å². The fourth-order valence-electron chi connectivity index (χ4n) is 5.33. The maximum absolute atomic E-state index is 14.1. The van der Waals surface area contributed by atoms with Crippen molar-refractivity contribution in [2.24, 2.45) is 17.6 Å². The third-order valence-electron chi connectivity index (χ3n) is 6.66. The Kier molecular flexibility index (Phi) is 4.59. The zero-order valence-electron chi connectivity index (χ0n) is 17.0. The second kappa shape index (κ2) is 7.23. The quantitative estimate of drug-likeness (QED) is 0.595. The van der Waals surface area contributed by atoms with Gasteiger partial charge in [0.15, 0.2) is 0 Å². The molecule has 1 spiro atoms. The summed E-state index contributed by atoms with van der Waals surface area (Å²) in [6.45, 7) is 0.145. The highest BCUT2D eigenvalue weighted by Crippen LogP contribution is 2.53. The molecular weight excluding hydrogens is 415 g/mol. The number of nitrogens with zero attached hydrogens (tertiary/aromatic N) is 1. The van der Waals surface area contributed by atoms with Gasteiger partial charge in [0.1, 0.15) is 11.4 Å². The van der Waals surface area contributed by atoms with Crippen LogP contribution in [0.2, 0.25) is 0 Å². The molecule has 2 aromatic carbocycles. The van der Waals surface area contributed by atoms with Gasteiger partial charge in [-0.15, -0.1) is 0 Å². The summed E-state index contributed by atoms with van der Waals surface area (Å²) >= 11 is 0. The summed E-state index contributed by atoms with van der Waals surface area (Å²) in [7, 11) is 0. The van der Waals surface area contributed by atoms with Crippen molar-refractivity contribution < 1.29 is 23.6 Å². The van der Waals surface area contributed by atoms with E-state index in [1.165, 1.54) is 18.2 Å². The average Bonchev–Trinajstić information content (AvgIpc) is 3.32. The number of fused-ring (bicyclic) bond motifs is 4. The molecule has 4 amide bonds. The largest absolute Gasteiger partial charge is 0.370 e. The lowest BCUT2D eigenvalue weighted by Crippen LogP contribution is -2.53. The number of nitrogens with two attached hydrogens (primary N) is 1. The monoisotopic (exact) mass is 436 g/mol. The number of hydrogen-bond acceptors (Lipinski definition) is 5. The third-order valence-corrected chi connectivity index (χ3v) is 6.66. The van der Waals surface area contributed by atoms with Crippen LogP contribution in [0.25, 0.3) is 0 Å². The first-order valence-corrected chi connectivity index (χ1v) is 10.4. The number of anilines is 1. The van der Waals surface area contributed by atoms with Crippen LogP contribution in [-0.4, -0.2) is 41.1 Å². The van der Waals surface area contributed by atoms with Gasteiger partial charge >= 0.3 is 0 Å². The molecule has 0 aliphatic carbocycles. The third kappa shape index (κ3) is 2.85. The minimum atomic E-state index is -1.64. The van der Waals surface area contributed by atoms with Gasteiger partial charge in [-0.25, -0.2) is 4.39 Å². The van der Waals surface area contributed by atoms with E-state index in [2.05, 4.69) is 10.6 Å². The van der Waals surface area contributed by atoms with Crippen LogP contribution >= 0.6 is 0 Å². The molecule has 4 atom stereocenters. The summed E-state index contributed by atoms with van der Waals surface area (Å²) in [5.74, 6) is -4.81. The predicted octanol–water partition coefficient (Wildman–Crippen LogP) is 0.664. The van der Waals surface area contributed by atoms with E-state index >= 15 is 0 Å². The number of carbonyl (C=O) groups excluding carboxylic acids is 4. The van der Waals surface area contributed by atoms with Crippen molar-refractivity contribution in [2.75, 3.05) is 11.9 Å². The van der Waals surface area contributed by atoms with E-state index in [-0.39, 0.29) is 18.5 Å². The van der Waals surface area contributed by atoms with Crippen LogP contribution in [0.4, 0.5) is 10.1 Å². The van der Waals surface area contributed by atoms with Gasteiger partial charge in [0.25, 0.3) is 0 Å². The van der Waals surface area contributed by atoms with Gasteiger partial charge in [-0.3, -0.25) is 29.4 Å². The Hall–Kier alpha value is -3.59. The van der Waals surface area contributed by atoms with Crippen LogP contribution in [0, 0.1) is 17.7 Å². The Morgan fingerprint density at radius 3 is 2.56 bits per heavy atom. The second-order valence-electron chi connectivity index (χ2n) is 8.44. The topological polar surface area (TPSA) is 122 Å². The van der Waals surface area contributed by atoms with Crippen LogP contribution in [0.5, 0.6) is 0 Å². The Labute approximate surface area is 182 Å². The van der Waals surface area contributed by atoms with Crippen molar-refractivity contribution in [3.8, 4) is 0 Å². The van der Waals surface area contributed by atoms with E-state index in [9.17, 15) is 23.6 Å². The van der Waals surface area contributed by atoms with E-state index in [1.54, 1.807) is 0 Å². The van der Waals surface area contributed by atoms with Crippen molar-refractivity contribution in [3.63, 3.8) is 0 Å². The molecule has 0 radical (unpaired) electrons. The lowest BCUT2D eigenvalue weighted by atomic mass is 9.76. The highest BCUT2D eigenvalue weighted by atomic mass is 19.1. The molecule has 8 nitrogen and oxygen atoms in total. The first-order valence-electron chi connectivity index (χ1n) is 10.4. The van der Waals surface area contributed by atoms with Crippen LogP contribution in [0.3, 0.4) is 0 Å². The molecule has 0 bridgehead atoms. The maximum Gasteiger partial charge on any atom is 0.250 e. The van der Waals surface area contributed by atoms with Gasteiger partial charge in [0.2, 0.25) is 23.6 Å². The Morgan fingerprint density at radius 1 is 1.09 bits per heavy atom. The van der Waals surface area contributed by atoms with E-state index in [0.717, 1.165) is 10.5 Å². The molecule has 4 N–H and O–H groups in total. The van der Waals surface area contributed by atoms with Crippen LogP contribution < -0.4 is 16.4 Å². The van der Waals surface area contributed by atoms with E-state index < -0.39 is 52.9 Å².